The van der Waals surface area contributed by atoms with Crippen molar-refractivity contribution >= 4 is 41.1 Å². The number of alkyl halides is 2. The number of likely N-dealkylation sites (N-methyl/N-ethyl adjacent to an activating group) is 1. The molecule has 5 nitrogen and oxygen atoms in total. The number of fused-ring (bicyclic) bond motifs is 1. The van der Waals surface area contributed by atoms with Crippen molar-refractivity contribution in [1.29, 1.82) is 0 Å². The van der Waals surface area contributed by atoms with E-state index >= 15 is 0 Å². The Morgan fingerprint density at radius 1 is 1.18 bits per heavy atom. The molecule has 210 valence electrons. The predicted octanol–water partition coefficient (Wildman–Crippen LogP) is 7.61. The van der Waals surface area contributed by atoms with Crippen LogP contribution < -0.4 is 9.64 Å². The van der Waals surface area contributed by atoms with Crippen LogP contribution in [0.5, 0.6) is 5.75 Å². The average Bonchev–Trinajstić information content (AvgIpc) is 3.79. The third kappa shape index (κ3) is 5.75. The minimum absolute atomic E-state index is 0.127. The Kier molecular flexibility index (Phi) is 7.25. The van der Waals surface area contributed by atoms with Gasteiger partial charge >= 0.3 is 5.97 Å². The van der Waals surface area contributed by atoms with Gasteiger partial charge in [-0.3, -0.25) is 4.79 Å². The molecule has 0 aromatic heterocycles. The largest absolute Gasteiger partial charge is 0.491 e. The lowest BCUT2D eigenvalue weighted by molar-refractivity contribution is -0.144. The fourth-order valence-electron chi connectivity index (χ4n) is 5.67. The van der Waals surface area contributed by atoms with Gasteiger partial charge in [-0.2, -0.15) is 0 Å². The first-order valence-corrected chi connectivity index (χ1v) is 15.2. The maximum absolute atomic E-state index is 13.8. The number of ether oxygens (including phenoxy) is 1. The first-order valence-electron chi connectivity index (χ1n) is 13.6. The second-order valence-corrected chi connectivity index (χ2v) is 14.2. The van der Waals surface area contributed by atoms with E-state index in [0.717, 1.165) is 21.2 Å². The summed E-state index contributed by atoms with van der Waals surface area (Å²) in [5.41, 5.74) is 1.45. The zero-order valence-corrected chi connectivity index (χ0v) is 23.5. The van der Waals surface area contributed by atoms with Crippen molar-refractivity contribution < 1.29 is 27.8 Å². The molecule has 1 atom stereocenters. The molecule has 4 aliphatic rings. The molecule has 0 saturated heterocycles. The molecule has 10 heteroatoms. The zero-order valence-electron chi connectivity index (χ0n) is 21.9. The molecule has 3 fully saturated rings. The number of nitrogens with zero attached hydrogens (tertiary/aromatic N) is 2. The summed E-state index contributed by atoms with van der Waals surface area (Å²) in [6.45, 7) is 0.607. The molecular weight excluding hydrogens is 545 g/mol. The molecular formula is C29H33F3N2O3S2. The highest BCUT2D eigenvalue weighted by Crippen LogP contribution is 2.65. The van der Waals surface area contributed by atoms with Gasteiger partial charge in [-0.25, -0.2) is 17.5 Å². The van der Waals surface area contributed by atoms with E-state index in [9.17, 15) is 23.1 Å². The van der Waals surface area contributed by atoms with Crippen molar-refractivity contribution in [3.8, 4) is 5.75 Å². The standard InChI is InChI=1S/C29H33F3N2O3S2/c1-33-20(6-7-26(31)32)16-34(19-4-2-18(30)3-5-19)22-12-25(38-21-14-28(15-21)8-9-28)23(13-24(22)39-33)37-17-29(10-11-29)27(35)36/h2-5,12-13,20-21,26H,6-11,14-17H2,1H3,(H,35,36)/t20-/m1/s1. The number of benzene rings is 2. The maximum atomic E-state index is 13.8. The van der Waals surface area contributed by atoms with E-state index in [4.69, 9.17) is 4.74 Å². The Bertz CT molecular complexity index is 1230. The van der Waals surface area contributed by atoms with Crippen molar-refractivity contribution in [3.05, 3.63) is 42.2 Å². The number of halogens is 3. The minimum Gasteiger partial charge on any atom is -0.491 e. The van der Waals surface area contributed by atoms with Crippen molar-refractivity contribution in [3.63, 3.8) is 0 Å². The fraction of sp³-hybridized carbons (Fsp3) is 0.552. The minimum atomic E-state index is -2.38. The third-order valence-corrected chi connectivity index (χ3v) is 11.1. The highest BCUT2D eigenvalue weighted by atomic mass is 32.2. The summed E-state index contributed by atoms with van der Waals surface area (Å²) in [6, 6.07) is 10.2. The molecule has 39 heavy (non-hydrogen) atoms. The molecule has 0 amide bonds. The van der Waals surface area contributed by atoms with Gasteiger partial charge in [0.2, 0.25) is 6.43 Å². The Morgan fingerprint density at radius 3 is 2.51 bits per heavy atom. The van der Waals surface area contributed by atoms with E-state index in [1.165, 1.54) is 49.8 Å². The first kappa shape index (κ1) is 27.1. The molecule has 3 aliphatic carbocycles. The van der Waals surface area contributed by atoms with Gasteiger partial charge in [0.25, 0.3) is 0 Å². The van der Waals surface area contributed by atoms with Crippen LogP contribution in [0.2, 0.25) is 0 Å². The number of carboxylic acid groups (broad SMARTS) is 1. The van der Waals surface area contributed by atoms with Gasteiger partial charge in [-0.05, 0) is 106 Å². The number of hydrogen-bond donors (Lipinski definition) is 1. The Hall–Kier alpha value is -2.04. The summed E-state index contributed by atoms with van der Waals surface area (Å²) in [5.74, 6) is -0.477. The first-order chi connectivity index (χ1) is 18.7. The number of carboxylic acids is 1. The lowest BCUT2D eigenvalue weighted by Crippen LogP contribution is -2.35. The van der Waals surface area contributed by atoms with Crippen LogP contribution in [0.25, 0.3) is 0 Å². The lowest BCUT2D eigenvalue weighted by Gasteiger charge is -2.36. The van der Waals surface area contributed by atoms with E-state index in [1.807, 2.05) is 17.4 Å². The van der Waals surface area contributed by atoms with Gasteiger partial charge in [0, 0.05) is 29.9 Å². The van der Waals surface area contributed by atoms with Crippen LogP contribution in [0.4, 0.5) is 24.5 Å². The highest BCUT2D eigenvalue weighted by molar-refractivity contribution is 8.00. The third-order valence-electron chi connectivity index (χ3n) is 8.71. The van der Waals surface area contributed by atoms with Gasteiger partial charge in [-0.15, -0.1) is 11.8 Å². The zero-order chi connectivity index (χ0) is 27.4. The molecule has 1 aliphatic heterocycles. The number of carbonyl (C=O) groups is 1. The summed E-state index contributed by atoms with van der Waals surface area (Å²) in [5, 5.41) is 10.2. The van der Waals surface area contributed by atoms with E-state index < -0.39 is 17.8 Å². The number of hydrogen-bond acceptors (Lipinski definition) is 6. The second kappa shape index (κ2) is 10.4. The molecule has 2 aromatic carbocycles. The van der Waals surface area contributed by atoms with E-state index in [-0.39, 0.29) is 24.9 Å². The molecule has 1 spiro atoms. The molecule has 0 unspecified atom stereocenters. The van der Waals surface area contributed by atoms with Gasteiger partial charge in [0.15, 0.2) is 0 Å². The number of thioether (sulfide) groups is 1. The SMILES string of the molecule is CN1Sc2cc(OCC3(C(=O)O)CC3)c(SC3CC4(CC4)C3)cc2N(c2ccc(F)cc2)C[C@H]1CCC(F)F. The molecule has 1 heterocycles. The molecule has 0 bridgehead atoms. The monoisotopic (exact) mass is 578 g/mol. The molecule has 3 saturated carbocycles. The average molecular weight is 579 g/mol. The van der Waals surface area contributed by atoms with Crippen molar-refractivity contribution in [1.82, 2.24) is 4.31 Å². The fourth-order valence-corrected chi connectivity index (χ4v) is 8.37. The Morgan fingerprint density at radius 2 is 1.90 bits per heavy atom. The maximum Gasteiger partial charge on any atom is 0.313 e. The Balaban J connectivity index is 1.36. The predicted molar refractivity (Wildman–Crippen MR) is 148 cm³/mol. The summed E-state index contributed by atoms with van der Waals surface area (Å²) >= 11 is 3.28. The van der Waals surface area contributed by atoms with Crippen LogP contribution in [0.15, 0.2) is 46.2 Å². The van der Waals surface area contributed by atoms with Crippen molar-refractivity contribution in [2.75, 3.05) is 25.1 Å². The van der Waals surface area contributed by atoms with Gasteiger partial charge < -0.3 is 14.7 Å². The van der Waals surface area contributed by atoms with Crippen LogP contribution in [0, 0.1) is 16.6 Å². The summed E-state index contributed by atoms with van der Waals surface area (Å²) in [7, 11) is 1.91. The summed E-state index contributed by atoms with van der Waals surface area (Å²) in [6.07, 6.45) is 3.95. The highest BCUT2D eigenvalue weighted by Gasteiger charge is 2.53. The number of aliphatic carboxylic acids is 1. The van der Waals surface area contributed by atoms with Crippen LogP contribution >= 0.6 is 23.7 Å². The topological polar surface area (TPSA) is 53.0 Å². The quantitative estimate of drug-likeness (QED) is 0.291. The summed E-state index contributed by atoms with van der Waals surface area (Å²) < 4.78 is 48.4. The van der Waals surface area contributed by atoms with E-state index in [2.05, 4.69) is 11.0 Å². The Labute approximate surface area is 235 Å². The van der Waals surface area contributed by atoms with Gasteiger partial charge in [0.1, 0.15) is 23.6 Å². The van der Waals surface area contributed by atoms with E-state index in [0.29, 0.717) is 42.2 Å². The second-order valence-electron chi connectivity index (χ2n) is 11.6. The van der Waals surface area contributed by atoms with Crippen LogP contribution in [-0.4, -0.2) is 53.3 Å². The molecule has 1 N–H and O–H groups in total. The smallest absolute Gasteiger partial charge is 0.313 e. The van der Waals surface area contributed by atoms with Gasteiger partial charge in [0.05, 0.1) is 15.5 Å². The van der Waals surface area contributed by atoms with Crippen LogP contribution in [0.3, 0.4) is 0 Å². The molecule has 2 aromatic rings. The number of rotatable bonds is 10. The van der Waals surface area contributed by atoms with E-state index in [1.54, 1.807) is 23.9 Å². The summed E-state index contributed by atoms with van der Waals surface area (Å²) in [4.78, 5) is 15.8. The van der Waals surface area contributed by atoms with Crippen molar-refractivity contribution in [2.24, 2.45) is 10.8 Å². The lowest BCUT2D eigenvalue weighted by atomic mass is 9.81. The normalized spacial score (nSPS) is 23.3. The number of anilines is 2. The van der Waals surface area contributed by atoms with Crippen LogP contribution in [-0.2, 0) is 4.79 Å². The molecule has 0 radical (unpaired) electrons. The molecule has 6 rings (SSSR count). The van der Waals surface area contributed by atoms with Gasteiger partial charge in [-0.1, -0.05) is 0 Å². The van der Waals surface area contributed by atoms with Crippen LogP contribution in [0.1, 0.15) is 51.4 Å². The van der Waals surface area contributed by atoms with Crippen molar-refractivity contribution in [2.45, 2.75) is 78.9 Å².